The van der Waals surface area contributed by atoms with E-state index >= 15 is 0 Å². The molecule has 2 aromatic heterocycles. The highest BCUT2D eigenvalue weighted by Gasteiger charge is 2.15. The summed E-state index contributed by atoms with van der Waals surface area (Å²) in [6.45, 7) is 5.46. The Morgan fingerprint density at radius 2 is 2.00 bits per heavy atom. The molecule has 7 heteroatoms. The zero-order valence-electron chi connectivity index (χ0n) is 11.1. The summed E-state index contributed by atoms with van der Waals surface area (Å²) in [5, 5.41) is 8.10. The van der Waals surface area contributed by atoms with Crippen molar-refractivity contribution in [2.45, 2.75) is 26.7 Å². The summed E-state index contributed by atoms with van der Waals surface area (Å²) >= 11 is 0. The van der Waals surface area contributed by atoms with E-state index in [9.17, 15) is 0 Å². The van der Waals surface area contributed by atoms with E-state index in [1.807, 2.05) is 13.8 Å². The molecule has 0 aromatic carbocycles. The van der Waals surface area contributed by atoms with Gasteiger partial charge in [-0.15, -0.1) is 5.10 Å². The molecule has 19 heavy (non-hydrogen) atoms. The Morgan fingerprint density at radius 1 is 1.21 bits per heavy atom. The van der Waals surface area contributed by atoms with Crippen molar-refractivity contribution in [3.8, 4) is 0 Å². The fourth-order valence-corrected chi connectivity index (χ4v) is 1.60. The highest BCUT2D eigenvalue weighted by atomic mass is 16.7. The summed E-state index contributed by atoms with van der Waals surface area (Å²) in [6, 6.07) is 0. The van der Waals surface area contributed by atoms with Crippen molar-refractivity contribution in [3.63, 3.8) is 0 Å². The lowest BCUT2D eigenvalue weighted by molar-refractivity contribution is -0.142. The van der Waals surface area contributed by atoms with Crippen LogP contribution in [0.15, 0.2) is 24.8 Å². The van der Waals surface area contributed by atoms with Crippen molar-refractivity contribution >= 4 is 0 Å². The van der Waals surface area contributed by atoms with E-state index < -0.39 is 6.29 Å². The molecule has 2 aromatic rings. The van der Waals surface area contributed by atoms with Gasteiger partial charge in [-0.1, -0.05) is 5.21 Å². The lowest BCUT2D eigenvalue weighted by Crippen LogP contribution is -2.09. The molecule has 0 aliphatic heterocycles. The normalized spacial score (nSPS) is 11.1. The number of hydrogen-bond donors (Lipinski definition) is 0. The molecule has 0 fully saturated rings. The van der Waals surface area contributed by atoms with Gasteiger partial charge in [0.25, 0.3) is 0 Å². The quantitative estimate of drug-likeness (QED) is 0.698. The van der Waals surface area contributed by atoms with Gasteiger partial charge in [-0.2, -0.15) is 0 Å². The minimum absolute atomic E-state index is 0.467. The zero-order valence-corrected chi connectivity index (χ0v) is 11.1. The van der Waals surface area contributed by atoms with Crippen LogP contribution in [0.4, 0.5) is 0 Å². The van der Waals surface area contributed by atoms with Gasteiger partial charge in [0.1, 0.15) is 5.69 Å². The standard InChI is InChI=1S/C12H17N5O2/c1-3-18-12(19-4-2)11-9-17(16-15-11)8-10-7-13-5-6-14-10/h5-7,9,12H,3-4,8H2,1-2H3. The number of aromatic nitrogens is 5. The van der Waals surface area contributed by atoms with Gasteiger partial charge in [-0.25, -0.2) is 4.68 Å². The van der Waals surface area contributed by atoms with Crippen LogP contribution in [-0.4, -0.2) is 38.2 Å². The predicted octanol–water partition coefficient (Wildman–Crippen LogP) is 1.19. The molecule has 0 spiro atoms. The summed E-state index contributed by atoms with van der Waals surface area (Å²) in [5.74, 6) is 0. The van der Waals surface area contributed by atoms with Gasteiger partial charge in [-0.05, 0) is 13.8 Å². The molecule has 2 rings (SSSR count). The number of ether oxygens (including phenoxy) is 2. The van der Waals surface area contributed by atoms with Crippen LogP contribution in [0.25, 0.3) is 0 Å². The molecule has 0 unspecified atom stereocenters. The van der Waals surface area contributed by atoms with E-state index in [1.165, 1.54) is 0 Å². The maximum atomic E-state index is 5.47. The third kappa shape index (κ3) is 3.80. The molecule has 0 radical (unpaired) electrons. The summed E-state index contributed by atoms with van der Waals surface area (Å²) < 4.78 is 12.6. The van der Waals surface area contributed by atoms with Crippen LogP contribution in [0.5, 0.6) is 0 Å². The summed E-state index contributed by atoms with van der Waals surface area (Å²) in [7, 11) is 0. The first-order valence-corrected chi connectivity index (χ1v) is 6.21. The van der Waals surface area contributed by atoms with E-state index in [-0.39, 0.29) is 0 Å². The number of hydrogen-bond acceptors (Lipinski definition) is 6. The van der Waals surface area contributed by atoms with Crippen molar-refractivity contribution in [3.05, 3.63) is 36.2 Å². The van der Waals surface area contributed by atoms with Crippen LogP contribution in [0.2, 0.25) is 0 Å². The van der Waals surface area contributed by atoms with Crippen molar-refractivity contribution in [1.29, 1.82) is 0 Å². The van der Waals surface area contributed by atoms with Crippen molar-refractivity contribution in [2.75, 3.05) is 13.2 Å². The third-order valence-electron chi connectivity index (χ3n) is 2.37. The van der Waals surface area contributed by atoms with E-state index in [0.717, 1.165) is 5.69 Å². The molecule has 0 bridgehead atoms. The maximum Gasteiger partial charge on any atom is 0.204 e. The van der Waals surface area contributed by atoms with E-state index in [4.69, 9.17) is 9.47 Å². The first-order valence-electron chi connectivity index (χ1n) is 6.21. The summed E-state index contributed by atoms with van der Waals surface area (Å²) in [4.78, 5) is 8.20. The van der Waals surface area contributed by atoms with Gasteiger partial charge in [0.05, 0.1) is 24.6 Å². The maximum absolute atomic E-state index is 5.47. The van der Waals surface area contributed by atoms with Gasteiger partial charge in [0.15, 0.2) is 0 Å². The average molecular weight is 263 g/mol. The molecular formula is C12H17N5O2. The first-order chi connectivity index (χ1) is 9.33. The second-order valence-electron chi connectivity index (χ2n) is 3.78. The zero-order chi connectivity index (χ0) is 13.5. The third-order valence-corrected chi connectivity index (χ3v) is 2.37. The molecule has 0 saturated carbocycles. The minimum atomic E-state index is -0.467. The Labute approximate surface area is 111 Å². The Kier molecular flexibility index (Phi) is 4.93. The molecule has 0 saturated heterocycles. The predicted molar refractivity (Wildman–Crippen MR) is 67.1 cm³/mol. The fourth-order valence-electron chi connectivity index (χ4n) is 1.60. The highest BCUT2D eigenvalue weighted by Crippen LogP contribution is 2.15. The lowest BCUT2D eigenvalue weighted by Gasteiger charge is -2.13. The van der Waals surface area contributed by atoms with Crippen LogP contribution < -0.4 is 0 Å². The highest BCUT2D eigenvalue weighted by molar-refractivity contribution is 4.99. The lowest BCUT2D eigenvalue weighted by atomic mass is 10.4. The van der Waals surface area contributed by atoms with Gasteiger partial charge in [0.2, 0.25) is 6.29 Å². The van der Waals surface area contributed by atoms with Gasteiger partial charge >= 0.3 is 0 Å². The average Bonchev–Trinajstić information content (AvgIpc) is 2.88. The van der Waals surface area contributed by atoms with Crippen molar-refractivity contribution in [2.24, 2.45) is 0 Å². The Morgan fingerprint density at radius 3 is 2.63 bits per heavy atom. The Hall–Kier alpha value is -1.86. The van der Waals surface area contributed by atoms with Gasteiger partial charge in [-0.3, -0.25) is 9.97 Å². The van der Waals surface area contributed by atoms with Crippen molar-refractivity contribution < 1.29 is 9.47 Å². The van der Waals surface area contributed by atoms with Gasteiger partial charge in [0, 0.05) is 25.6 Å². The molecule has 102 valence electrons. The van der Waals surface area contributed by atoms with E-state index in [2.05, 4.69) is 20.3 Å². The molecule has 0 N–H and O–H groups in total. The van der Waals surface area contributed by atoms with Crippen LogP contribution in [-0.2, 0) is 16.0 Å². The second-order valence-corrected chi connectivity index (χ2v) is 3.78. The fraction of sp³-hybridized carbons (Fsp3) is 0.500. The number of nitrogens with zero attached hydrogens (tertiary/aromatic N) is 5. The monoisotopic (exact) mass is 263 g/mol. The molecule has 0 atom stereocenters. The molecular weight excluding hydrogens is 246 g/mol. The molecule has 0 aliphatic rings. The smallest absolute Gasteiger partial charge is 0.204 e. The van der Waals surface area contributed by atoms with Crippen molar-refractivity contribution in [1.82, 2.24) is 25.0 Å². The van der Waals surface area contributed by atoms with Crippen LogP contribution in [0.1, 0.15) is 31.5 Å². The SMILES string of the molecule is CCOC(OCC)c1cn(Cc2cnccn2)nn1. The second kappa shape index (κ2) is 6.91. The van der Waals surface area contributed by atoms with Crippen LogP contribution in [0.3, 0.4) is 0 Å². The van der Waals surface area contributed by atoms with E-state index in [0.29, 0.717) is 25.5 Å². The topological polar surface area (TPSA) is 75.0 Å². The summed E-state index contributed by atoms with van der Waals surface area (Å²) in [5.41, 5.74) is 1.48. The molecule has 7 nitrogen and oxygen atoms in total. The molecule has 2 heterocycles. The van der Waals surface area contributed by atoms with Gasteiger partial charge < -0.3 is 9.47 Å². The Bertz CT molecular complexity index is 482. The number of rotatable bonds is 7. The first kappa shape index (κ1) is 13.6. The minimum Gasteiger partial charge on any atom is -0.347 e. The largest absolute Gasteiger partial charge is 0.347 e. The van der Waals surface area contributed by atoms with Crippen LogP contribution >= 0.6 is 0 Å². The summed E-state index contributed by atoms with van der Waals surface area (Å²) in [6.07, 6.45) is 6.31. The van der Waals surface area contributed by atoms with E-state index in [1.54, 1.807) is 29.5 Å². The molecule has 0 amide bonds. The van der Waals surface area contributed by atoms with Crippen LogP contribution in [0, 0.1) is 0 Å². The Balaban J connectivity index is 2.05. The molecule has 0 aliphatic carbocycles.